The van der Waals surface area contributed by atoms with E-state index in [1.165, 1.54) is 5.09 Å². The molecule has 8 nitrogen and oxygen atoms in total. The molecule has 0 aromatic rings. The van der Waals surface area contributed by atoms with Gasteiger partial charge in [-0.2, -0.15) is 0 Å². The summed E-state index contributed by atoms with van der Waals surface area (Å²) in [6, 6.07) is 0. The molecule has 0 aliphatic rings. The largest absolute Gasteiger partial charge is 1.00 e. The second-order valence-corrected chi connectivity index (χ2v) is 3.24. The first-order chi connectivity index (χ1) is 5.81. The molecular weight excluding hydrogens is 247 g/mol. The fourth-order valence-electron chi connectivity index (χ4n) is 0.448. The van der Waals surface area contributed by atoms with Gasteiger partial charge < -0.3 is 30.3 Å². The normalized spacial score (nSPS) is 10.9. The maximum Gasteiger partial charge on any atom is 1.00 e. The Morgan fingerprint density at radius 3 is 2.27 bits per heavy atom. The van der Waals surface area contributed by atoms with Gasteiger partial charge in [-0.3, -0.25) is 9.79 Å². The third-order valence-electron chi connectivity index (χ3n) is 0.859. The van der Waals surface area contributed by atoms with Crippen LogP contribution in [0.4, 0.5) is 0 Å². The van der Waals surface area contributed by atoms with Crippen molar-refractivity contribution in [3.8, 4) is 0 Å². The molecule has 0 amide bonds. The molecule has 0 saturated carbocycles. The minimum absolute atomic E-state index is 0. The summed E-state index contributed by atoms with van der Waals surface area (Å²) in [4.78, 5) is 33.3. The van der Waals surface area contributed by atoms with Crippen molar-refractivity contribution in [2.24, 2.45) is 10.7 Å². The SMILES string of the molecule is NC(=NCCC(=O)O)NP(=O)([O-])[O-].[Na+].[Na+]. The summed E-state index contributed by atoms with van der Waals surface area (Å²) < 4.78 is 10.0. The molecule has 0 spiro atoms. The average Bonchev–Trinajstić information content (AvgIpc) is 1.81. The Balaban J connectivity index is -0.000000720. The number of guanidine groups is 1. The Bertz CT molecular complexity index is 267. The van der Waals surface area contributed by atoms with E-state index in [2.05, 4.69) is 4.99 Å². The van der Waals surface area contributed by atoms with Gasteiger partial charge in [0.2, 0.25) is 0 Å². The first kappa shape index (κ1) is 21.2. The zero-order chi connectivity index (χ0) is 10.5. The van der Waals surface area contributed by atoms with Crippen LogP contribution in [0.2, 0.25) is 0 Å². The van der Waals surface area contributed by atoms with Crippen molar-refractivity contribution < 1.29 is 83.4 Å². The van der Waals surface area contributed by atoms with Crippen molar-refractivity contribution in [2.45, 2.75) is 6.42 Å². The summed E-state index contributed by atoms with van der Waals surface area (Å²) in [7, 11) is -4.94. The molecule has 0 aliphatic carbocycles. The van der Waals surface area contributed by atoms with Crippen LogP contribution in [0.3, 0.4) is 0 Å². The second-order valence-electron chi connectivity index (χ2n) is 2.02. The summed E-state index contributed by atoms with van der Waals surface area (Å²) in [6.07, 6.45) is -0.287. The van der Waals surface area contributed by atoms with Crippen LogP contribution < -0.4 is 79.7 Å². The van der Waals surface area contributed by atoms with E-state index in [0.717, 1.165) is 0 Å². The predicted octanol–water partition coefficient (Wildman–Crippen LogP) is -8.80. The van der Waals surface area contributed by atoms with Crippen LogP contribution in [-0.2, 0) is 9.36 Å². The summed E-state index contributed by atoms with van der Waals surface area (Å²) in [5.74, 6) is -1.70. The van der Waals surface area contributed by atoms with Crippen molar-refractivity contribution in [3.63, 3.8) is 0 Å². The van der Waals surface area contributed by atoms with Crippen LogP contribution in [0.25, 0.3) is 0 Å². The molecule has 0 rings (SSSR count). The van der Waals surface area contributed by atoms with E-state index in [0.29, 0.717) is 0 Å². The minimum atomic E-state index is -4.94. The zero-order valence-electron chi connectivity index (χ0n) is 8.47. The van der Waals surface area contributed by atoms with Gasteiger partial charge in [-0.15, -0.1) is 0 Å². The predicted molar refractivity (Wildman–Crippen MR) is 39.5 cm³/mol. The number of carboxylic acids is 1. The molecule has 0 bridgehead atoms. The fraction of sp³-hybridized carbons (Fsp3) is 0.500. The standard InChI is InChI=1S/C4H10N3O5P.2Na/c5-4(7-13(10,11)12)6-2-1-3(8)9;;/h1-2H2,(H,8,9)(H5,5,6,7,10,11,12);;/q;2*+1/p-2. The van der Waals surface area contributed by atoms with Gasteiger partial charge in [-0.1, -0.05) is 0 Å². The van der Waals surface area contributed by atoms with Crippen molar-refractivity contribution >= 4 is 19.7 Å². The van der Waals surface area contributed by atoms with E-state index >= 15 is 0 Å². The fourth-order valence-corrected chi connectivity index (χ4v) is 0.799. The Morgan fingerprint density at radius 1 is 1.47 bits per heavy atom. The van der Waals surface area contributed by atoms with E-state index in [1.807, 2.05) is 0 Å². The molecule has 0 fully saturated rings. The van der Waals surface area contributed by atoms with Gasteiger partial charge in [0.25, 0.3) is 0 Å². The number of carboxylic acid groups (broad SMARTS) is 1. The van der Waals surface area contributed by atoms with E-state index in [4.69, 9.17) is 10.8 Å². The number of nitrogens with one attached hydrogen (secondary N) is 1. The molecule has 76 valence electrons. The van der Waals surface area contributed by atoms with Gasteiger partial charge in [0.1, 0.15) is 0 Å². The quantitative estimate of drug-likeness (QED) is 0.195. The molecule has 0 saturated heterocycles. The van der Waals surface area contributed by atoms with Crippen LogP contribution in [0.15, 0.2) is 4.99 Å². The molecule has 0 aromatic carbocycles. The average molecular weight is 255 g/mol. The molecule has 0 heterocycles. The van der Waals surface area contributed by atoms with Crippen molar-refractivity contribution in [1.29, 1.82) is 0 Å². The van der Waals surface area contributed by atoms with Gasteiger partial charge in [-0.05, 0) is 0 Å². The number of aliphatic imine (C=N–C) groups is 1. The number of hydrogen-bond acceptors (Lipinski definition) is 5. The third kappa shape index (κ3) is 17.5. The Kier molecular flexibility index (Phi) is 14.2. The van der Waals surface area contributed by atoms with Gasteiger partial charge in [0, 0.05) is 7.75 Å². The van der Waals surface area contributed by atoms with E-state index in [-0.39, 0.29) is 72.1 Å². The Morgan fingerprint density at radius 2 is 1.93 bits per heavy atom. The molecule has 0 aromatic heterocycles. The van der Waals surface area contributed by atoms with Gasteiger partial charge in [0.05, 0.1) is 13.0 Å². The van der Waals surface area contributed by atoms with Gasteiger partial charge >= 0.3 is 65.1 Å². The number of nitrogens with two attached hydrogens (primary N) is 1. The van der Waals surface area contributed by atoms with Crippen LogP contribution in [-0.4, -0.2) is 23.6 Å². The molecular formula is C4H8N3Na2O5P. The number of carbonyl (C=O) groups is 1. The molecule has 0 unspecified atom stereocenters. The number of aliphatic carboxylic acids is 1. The summed E-state index contributed by atoms with van der Waals surface area (Å²) >= 11 is 0. The topological polar surface area (TPSA) is 151 Å². The number of nitrogens with zero attached hydrogens (tertiary/aromatic N) is 1. The maximum atomic E-state index is 10.0. The van der Waals surface area contributed by atoms with E-state index < -0.39 is 19.7 Å². The van der Waals surface area contributed by atoms with E-state index in [1.54, 1.807) is 0 Å². The van der Waals surface area contributed by atoms with E-state index in [9.17, 15) is 19.1 Å². The number of hydrogen-bond donors (Lipinski definition) is 3. The van der Waals surface area contributed by atoms with Crippen molar-refractivity contribution in [1.82, 2.24) is 5.09 Å². The molecule has 15 heavy (non-hydrogen) atoms. The van der Waals surface area contributed by atoms with Crippen LogP contribution in [0, 0.1) is 0 Å². The Labute approximate surface area is 131 Å². The molecule has 4 N–H and O–H groups in total. The first-order valence-electron chi connectivity index (χ1n) is 3.13. The van der Waals surface area contributed by atoms with Crippen LogP contribution in [0.5, 0.6) is 0 Å². The first-order valence-corrected chi connectivity index (χ1v) is 4.67. The van der Waals surface area contributed by atoms with Crippen molar-refractivity contribution in [2.75, 3.05) is 6.54 Å². The zero-order valence-corrected chi connectivity index (χ0v) is 13.4. The smallest absolute Gasteiger partial charge is 0.795 e. The molecule has 0 aliphatic heterocycles. The second kappa shape index (κ2) is 10.1. The maximum absolute atomic E-state index is 10.0. The molecule has 0 atom stereocenters. The van der Waals surface area contributed by atoms with Crippen LogP contribution >= 0.6 is 7.75 Å². The summed E-state index contributed by atoms with van der Waals surface area (Å²) in [5, 5.41) is 9.52. The monoisotopic (exact) mass is 255 g/mol. The van der Waals surface area contributed by atoms with Crippen molar-refractivity contribution in [3.05, 3.63) is 0 Å². The summed E-state index contributed by atoms with van der Waals surface area (Å²) in [6.45, 7) is -0.186. The molecule has 0 radical (unpaired) electrons. The molecule has 11 heteroatoms. The minimum Gasteiger partial charge on any atom is -0.795 e. The Hall–Kier alpha value is 0.890. The van der Waals surface area contributed by atoms with Gasteiger partial charge in [0.15, 0.2) is 5.96 Å². The summed E-state index contributed by atoms with van der Waals surface area (Å²) in [5.41, 5.74) is 4.92. The van der Waals surface area contributed by atoms with Crippen LogP contribution in [0.1, 0.15) is 6.42 Å². The third-order valence-corrected chi connectivity index (χ3v) is 1.36. The number of rotatable bonds is 4. The van der Waals surface area contributed by atoms with Gasteiger partial charge in [-0.25, -0.2) is 0 Å².